The Morgan fingerprint density at radius 1 is 1.12 bits per heavy atom. The molecule has 0 aliphatic carbocycles. The predicted molar refractivity (Wildman–Crippen MR) is 129 cm³/mol. The zero-order chi connectivity index (χ0) is 24.3. The van der Waals surface area contributed by atoms with Gasteiger partial charge in [0, 0.05) is 39.3 Å². The monoisotopic (exact) mass is 508 g/mol. The van der Waals surface area contributed by atoms with Gasteiger partial charge in [0.05, 0.1) is 29.8 Å². The molecule has 2 aromatic rings. The second-order valence-corrected chi connectivity index (χ2v) is 10.7. The van der Waals surface area contributed by atoms with Crippen molar-refractivity contribution < 1.29 is 17.9 Å². The van der Waals surface area contributed by atoms with Crippen molar-refractivity contribution in [3.8, 4) is 5.75 Å². The molecule has 2 fully saturated rings. The number of carbonyl (C=O) groups is 1. The van der Waals surface area contributed by atoms with Gasteiger partial charge in [-0.25, -0.2) is 13.4 Å². The maximum absolute atomic E-state index is 13.1. The van der Waals surface area contributed by atoms with Crippen LogP contribution >= 0.6 is 11.6 Å². The van der Waals surface area contributed by atoms with Crippen molar-refractivity contribution >= 4 is 39.1 Å². The fourth-order valence-electron chi connectivity index (χ4n) is 4.22. The molecular weight excluding hydrogens is 480 g/mol. The Morgan fingerprint density at radius 2 is 1.82 bits per heavy atom. The molecule has 1 amide bonds. The van der Waals surface area contributed by atoms with Crippen molar-refractivity contribution in [2.45, 2.75) is 29.1 Å². The van der Waals surface area contributed by atoms with Crippen LogP contribution in [-0.4, -0.2) is 87.0 Å². The number of carbonyl (C=O) groups excluding carboxylic acids is 1. The Kier molecular flexibility index (Phi) is 7.44. The maximum atomic E-state index is 13.1. The van der Waals surface area contributed by atoms with Gasteiger partial charge < -0.3 is 20.3 Å². The van der Waals surface area contributed by atoms with E-state index in [-0.39, 0.29) is 26.5 Å². The van der Waals surface area contributed by atoms with Gasteiger partial charge in [0.1, 0.15) is 16.5 Å². The van der Waals surface area contributed by atoms with E-state index in [1.165, 1.54) is 37.9 Å². The Bertz CT molecular complexity index is 1150. The SMILES string of the molecule is COc1ccc(S(=O)(=O)c2cnc(N3CCN(CC(=O)N4CCCCC4)CC3)nc2N)cc1Cl. The van der Waals surface area contributed by atoms with Gasteiger partial charge in [-0.3, -0.25) is 9.69 Å². The van der Waals surface area contributed by atoms with Crippen LogP contribution in [0.5, 0.6) is 5.75 Å². The number of ether oxygens (including phenoxy) is 1. The first-order chi connectivity index (χ1) is 16.3. The number of methoxy groups -OCH3 is 1. The van der Waals surface area contributed by atoms with Crippen LogP contribution in [0.4, 0.5) is 11.8 Å². The first-order valence-corrected chi connectivity index (χ1v) is 13.1. The number of nitrogens with two attached hydrogens (primary N) is 1. The number of nitrogens with zero attached hydrogens (tertiary/aromatic N) is 5. The zero-order valence-electron chi connectivity index (χ0n) is 19.1. The third-order valence-electron chi connectivity index (χ3n) is 6.22. The molecule has 12 heteroatoms. The summed E-state index contributed by atoms with van der Waals surface area (Å²) in [6, 6.07) is 4.20. The zero-order valence-corrected chi connectivity index (χ0v) is 20.7. The fraction of sp³-hybridized carbons (Fsp3) is 0.500. The molecule has 2 aliphatic rings. The molecule has 10 nitrogen and oxygen atoms in total. The molecule has 2 aliphatic heterocycles. The third kappa shape index (κ3) is 5.21. The number of anilines is 2. The summed E-state index contributed by atoms with van der Waals surface area (Å²) in [6.45, 7) is 4.73. The van der Waals surface area contributed by atoms with Crippen molar-refractivity contribution in [3.63, 3.8) is 0 Å². The summed E-state index contributed by atoms with van der Waals surface area (Å²) in [5.41, 5.74) is 6.05. The molecule has 0 spiro atoms. The van der Waals surface area contributed by atoms with E-state index in [2.05, 4.69) is 14.9 Å². The summed E-state index contributed by atoms with van der Waals surface area (Å²) in [5, 5.41) is 0.177. The van der Waals surface area contributed by atoms with E-state index >= 15 is 0 Å². The van der Waals surface area contributed by atoms with Crippen LogP contribution in [0.25, 0.3) is 0 Å². The number of likely N-dealkylation sites (tertiary alicyclic amines) is 1. The van der Waals surface area contributed by atoms with Crippen LogP contribution in [0.3, 0.4) is 0 Å². The Morgan fingerprint density at radius 3 is 2.44 bits per heavy atom. The number of piperazine rings is 1. The van der Waals surface area contributed by atoms with Gasteiger partial charge in [-0.15, -0.1) is 0 Å². The molecule has 2 N–H and O–H groups in total. The summed E-state index contributed by atoms with van der Waals surface area (Å²) in [5.74, 6) is 0.796. The van der Waals surface area contributed by atoms with Crippen LogP contribution in [0.15, 0.2) is 34.2 Å². The van der Waals surface area contributed by atoms with Gasteiger partial charge in [0.15, 0.2) is 0 Å². The highest BCUT2D eigenvalue weighted by Crippen LogP contribution is 2.31. The predicted octanol–water partition coefficient (Wildman–Crippen LogP) is 1.69. The van der Waals surface area contributed by atoms with Crippen LogP contribution in [0, 0.1) is 0 Å². The number of hydrogen-bond acceptors (Lipinski definition) is 9. The van der Waals surface area contributed by atoms with Crippen molar-refractivity contribution in [1.29, 1.82) is 0 Å². The number of aromatic nitrogens is 2. The topological polar surface area (TPSA) is 122 Å². The molecule has 0 bridgehead atoms. The van der Waals surface area contributed by atoms with E-state index in [0.29, 0.717) is 44.4 Å². The molecule has 0 radical (unpaired) electrons. The maximum Gasteiger partial charge on any atom is 0.236 e. The van der Waals surface area contributed by atoms with Gasteiger partial charge in [0.2, 0.25) is 21.7 Å². The summed E-state index contributed by atoms with van der Waals surface area (Å²) in [7, 11) is -2.51. The van der Waals surface area contributed by atoms with Gasteiger partial charge in [-0.2, -0.15) is 4.98 Å². The highest BCUT2D eigenvalue weighted by Gasteiger charge is 2.27. The third-order valence-corrected chi connectivity index (χ3v) is 8.28. The molecule has 0 atom stereocenters. The van der Waals surface area contributed by atoms with Gasteiger partial charge in [0.25, 0.3) is 0 Å². The number of amides is 1. The fourth-order valence-corrected chi connectivity index (χ4v) is 5.82. The smallest absolute Gasteiger partial charge is 0.236 e. The number of hydrogen-bond donors (Lipinski definition) is 1. The Balaban J connectivity index is 1.40. The quantitative estimate of drug-likeness (QED) is 0.620. The molecule has 4 rings (SSSR count). The standard InChI is InChI=1S/C22H29ClN6O4S/c1-33-18-6-5-16(13-17(18)23)34(31,32)19-14-25-22(26-21(19)24)29-11-9-27(10-12-29)15-20(30)28-7-3-2-4-8-28/h5-6,13-14H,2-4,7-12,15H2,1H3,(H2,24,25,26). The van der Waals surface area contributed by atoms with Crippen molar-refractivity contribution in [2.24, 2.45) is 0 Å². The van der Waals surface area contributed by atoms with E-state index in [1.807, 2.05) is 9.80 Å². The summed E-state index contributed by atoms with van der Waals surface area (Å²) in [6.07, 6.45) is 4.59. The van der Waals surface area contributed by atoms with Crippen LogP contribution in [-0.2, 0) is 14.6 Å². The van der Waals surface area contributed by atoms with E-state index in [1.54, 1.807) is 0 Å². The lowest BCUT2D eigenvalue weighted by Gasteiger charge is -2.36. The van der Waals surface area contributed by atoms with Crippen LogP contribution in [0.2, 0.25) is 5.02 Å². The first kappa shape index (κ1) is 24.5. The summed E-state index contributed by atoms with van der Waals surface area (Å²) < 4.78 is 31.2. The minimum atomic E-state index is -3.96. The minimum absolute atomic E-state index is 0.0201. The normalized spacial score (nSPS) is 17.6. The first-order valence-electron chi connectivity index (χ1n) is 11.3. The van der Waals surface area contributed by atoms with Gasteiger partial charge in [-0.05, 0) is 37.5 Å². The minimum Gasteiger partial charge on any atom is -0.495 e. The molecule has 2 saturated heterocycles. The number of halogens is 1. The molecule has 0 saturated carbocycles. The Labute approximate surface area is 204 Å². The second-order valence-electron chi connectivity index (χ2n) is 8.42. The summed E-state index contributed by atoms with van der Waals surface area (Å²) >= 11 is 6.09. The van der Waals surface area contributed by atoms with Crippen molar-refractivity contribution in [1.82, 2.24) is 19.8 Å². The molecule has 34 heavy (non-hydrogen) atoms. The lowest BCUT2D eigenvalue weighted by atomic mass is 10.1. The lowest BCUT2D eigenvalue weighted by Crippen LogP contribution is -2.51. The number of sulfone groups is 1. The molecule has 1 aromatic heterocycles. The average Bonchev–Trinajstić information content (AvgIpc) is 2.84. The number of benzene rings is 1. The molecular formula is C22H29ClN6O4S. The van der Waals surface area contributed by atoms with E-state index in [4.69, 9.17) is 22.1 Å². The number of piperidine rings is 1. The van der Waals surface area contributed by atoms with Crippen molar-refractivity contribution in [2.75, 3.05) is 63.6 Å². The highest BCUT2D eigenvalue weighted by molar-refractivity contribution is 7.91. The number of nitrogen functional groups attached to an aromatic ring is 1. The van der Waals surface area contributed by atoms with Gasteiger partial charge >= 0.3 is 0 Å². The van der Waals surface area contributed by atoms with E-state index < -0.39 is 9.84 Å². The Hall–Kier alpha value is -2.63. The average molecular weight is 509 g/mol. The summed E-state index contributed by atoms with van der Waals surface area (Å²) in [4.78, 5) is 26.9. The molecule has 3 heterocycles. The van der Waals surface area contributed by atoms with E-state index in [9.17, 15) is 13.2 Å². The van der Waals surface area contributed by atoms with Crippen molar-refractivity contribution in [3.05, 3.63) is 29.4 Å². The molecule has 184 valence electrons. The second kappa shape index (κ2) is 10.3. The van der Waals surface area contributed by atoms with Crippen LogP contribution < -0.4 is 15.4 Å². The van der Waals surface area contributed by atoms with E-state index in [0.717, 1.165) is 25.9 Å². The number of rotatable bonds is 6. The highest BCUT2D eigenvalue weighted by atomic mass is 35.5. The van der Waals surface area contributed by atoms with Gasteiger partial charge in [-0.1, -0.05) is 11.6 Å². The largest absolute Gasteiger partial charge is 0.495 e. The lowest BCUT2D eigenvalue weighted by molar-refractivity contribution is -0.133. The molecule has 0 unspecified atom stereocenters. The van der Waals surface area contributed by atoms with Crippen LogP contribution in [0.1, 0.15) is 19.3 Å². The molecule has 1 aromatic carbocycles.